The minimum Gasteiger partial charge on any atom is -0.366 e. The Balaban J connectivity index is 1.60. The highest BCUT2D eigenvalue weighted by Gasteiger charge is 2.73. The number of hydrogen-bond donors (Lipinski definition) is 0. The topological polar surface area (TPSA) is 50.1 Å². The Bertz CT molecular complexity index is 809. The van der Waals surface area contributed by atoms with Gasteiger partial charge in [0, 0.05) is 17.8 Å². The van der Waals surface area contributed by atoms with E-state index in [9.17, 15) is 4.79 Å². The highest BCUT2D eigenvalue weighted by Crippen LogP contribution is 2.74. The van der Waals surface area contributed by atoms with Crippen LogP contribution in [-0.2, 0) is 15.1 Å². The first-order valence-electron chi connectivity index (χ1n) is 9.38. The molecule has 128 valence electrons. The minimum atomic E-state index is -0.465. The van der Waals surface area contributed by atoms with Crippen molar-refractivity contribution in [3.8, 4) is 6.07 Å². The van der Waals surface area contributed by atoms with Crippen molar-refractivity contribution in [3.05, 3.63) is 48.0 Å². The van der Waals surface area contributed by atoms with Crippen LogP contribution in [0.5, 0.6) is 0 Å². The average molecular weight is 333 g/mol. The van der Waals surface area contributed by atoms with Gasteiger partial charge >= 0.3 is 0 Å². The van der Waals surface area contributed by atoms with E-state index in [4.69, 9.17) is 10.00 Å². The Morgan fingerprint density at radius 2 is 2.12 bits per heavy atom. The van der Waals surface area contributed by atoms with Crippen LogP contribution in [0.1, 0.15) is 44.6 Å². The Hall–Kier alpha value is -1.92. The number of carbonyl (C=O) groups is 1. The molecule has 3 heteroatoms. The molecular formula is C22H23NO2. The summed E-state index contributed by atoms with van der Waals surface area (Å²) in [7, 11) is 0. The molecule has 3 nitrogen and oxygen atoms in total. The second-order valence-electron chi connectivity index (χ2n) is 8.71. The van der Waals surface area contributed by atoms with Crippen molar-refractivity contribution in [1.82, 2.24) is 0 Å². The highest BCUT2D eigenvalue weighted by atomic mass is 16.5. The van der Waals surface area contributed by atoms with Gasteiger partial charge in [-0.2, -0.15) is 5.26 Å². The number of nitrogens with zero attached hydrogens (tertiary/aromatic N) is 1. The maximum Gasteiger partial charge on any atom is 0.161 e. The number of rotatable bonds is 3. The zero-order valence-electron chi connectivity index (χ0n) is 14.6. The van der Waals surface area contributed by atoms with Crippen LogP contribution in [0.15, 0.2) is 42.5 Å². The summed E-state index contributed by atoms with van der Waals surface area (Å²) in [5, 5.41) is 9.08. The van der Waals surface area contributed by atoms with Gasteiger partial charge in [0.15, 0.2) is 5.78 Å². The number of ether oxygens (including phenoxy) is 1. The quantitative estimate of drug-likeness (QED) is 0.835. The monoisotopic (exact) mass is 333 g/mol. The van der Waals surface area contributed by atoms with Crippen molar-refractivity contribution in [2.75, 3.05) is 0 Å². The Kier molecular flexibility index (Phi) is 2.96. The van der Waals surface area contributed by atoms with E-state index in [2.05, 4.69) is 49.4 Å². The SMILES string of the molecule is C[C@@]1(CCC#N)C(=O)C=CC23CC4CC(OC4(c4ccccc4)C2)C31. The van der Waals surface area contributed by atoms with Crippen LogP contribution in [0.3, 0.4) is 0 Å². The lowest BCUT2D eigenvalue weighted by Gasteiger charge is -2.55. The van der Waals surface area contributed by atoms with E-state index in [1.165, 1.54) is 5.56 Å². The maximum absolute atomic E-state index is 12.8. The van der Waals surface area contributed by atoms with Crippen LogP contribution >= 0.6 is 0 Å². The van der Waals surface area contributed by atoms with Gasteiger partial charge in [0.05, 0.1) is 17.8 Å². The molecule has 2 saturated carbocycles. The third-order valence-electron chi connectivity index (χ3n) is 7.58. The van der Waals surface area contributed by atoms with Crippen LogP contribution in [-0.4, -0.2) is 11.9 Å². The average Bonchev–Trinajstić information content (AvgIpc) is 3.03. The number of hydrogen-bond acceptors (Lipinski definition) is 3. The fourth-order valence-electron chi connectivity index (χ4n) is 6.73. The summed E-state index contributed by atoms with van der Waals surface area (Å²) in [6, 6.07) is 12.9. The van der Waals surface area contributed by atoms with Crippen molar-refractivity contribution in [3.63, 3.8) is 0 Å². The normalized spacial score (nSPS) is 46.2. The third-order valence-corrected chi connectivity index (χ3v) is 7.58. The molecule has 0 N–H and O–H groups in total. The molecule has 5 unspecified atom stereocenters. The van der Waals surface area contributed by atoms with E-state index in [0.717, 1.165) is 19.3 Å². The van der Waals surface area contributed by atoms with Gasteiger partial charge in [-0.1, -0.05) is 43.3 Å². The van der Waals surface area contributed by atoms with Gasteiger partial charge in [-0.3, -0.25) is 4.79 Å². The molecule has 25 heavy (non-hydrogen) atoms. The number of benzene rings is 1. The van der Waals surface area contributed by atoms with Gasteiger partial charge in [-0.25, -0.2) is 0 Å². The summed E-state index contributed by atoms with van der Waals surface area (Å²) >= 11 is 0. The molecule has 2 heterocycles. The summed E-state index contributed by atoms with van der Waals surface area (Å²) in [6.07, 6.45) is 8.36. The first kappa shape index (κ1) is 15.3. The summed E-state index contributed by atoms with van der Waals surface area (Å²) in [5.41, 5.74) is 0.706. The van der Waals surface area contributed by atoms with E-state index >= 15 is 0 Å². The first-order valence-corrected chi connectivity index (χ1v) is 9.38. The first-order chi connectivity index (χ1) is 12.0. The zero-order chi connectivity index (χ0) is 17.3. The predicted molar refractivity (Wildman–Crippen MR) is 93.4 cm³/mol. The lowest BCUT2D eigenvalue weighted by Crippen LogP contribution is -2.56. The molecule has 6 atom stereocenters. The van der Waals surface area contributed by atoms with Crippen molar-refractivity contribution >= 4 is 5.78 Å². The van der Waals surface area contributed by atoms with Gasteiger partial charge in [-0.15, -0.1) is 0 Å². The van der Waals surface area contributed by atoms with Crippen molar-refractivity contribution in [2.24, 2.45) is 22.7 Å². The molecule has 0 amide bonds. The molecule has 4 fully saturated rings. The summed E-state index contributed by atoms with van der Waals surface area (Å²) in [6.45, 7) is 2.08. The molecule has 1 aromatic rings. The molecule has 3 aliphatic carbocycles. The Morgan fingerprint density at radius 1 is 1.32 bits per heavy atom. The van der Waals surface area contributed by atoms with Crippen molar-refractivity contribution in [2.45, 2.75) is 50.7 Å². The largest absolute Gasteiger partial charge is 0.366 e. The van der Waals surface area contributed by atoms with Gasteiger partial charge in [0.1, 0.15) is 0 Å². The molecule has 6 rings (SSSR count). The predicted octanol–water partition coefficient (Wildman–Crippen LogP) is 4.15. The molecule has 0 radical (unpaired) electrons. The Labute approximate surface area is 148 Å². The number of ketones is 1. The third kappa shape index (κ3) is 1.76. The van der Waals surface area contributed by atoms with Crippen molar-refractivity contribution < 1.29 is 9.53 Å². The highest BCUT2D eigenvalue weighted by molar-refractivity contribution is 5.96. The smallest absolute Gasteiger partial charge is 0.161 e. The van der Waals surface area contributed by atoms with Crippen LogP contribution in [0.2, 0.25) is 0 Å². The molecule has 2 aliphatic heterocycles. The standard InChI is InChI=1S/C22H23NO2/c1-20(9-5-11-23)18(24)8-10-21-13-16-12-17(19(20)21)25-22(16,14-21)15-6-3-2-4-7-15/h2-4,6-8,10,16-17,19H,5,9,12-14H2,1H3/t16?,17?,19?,20-,21?,22?/m1/s1. The molecule has 0 aromatic heterocycles. The minimum absolute atomic E-state index is 0.0553. The molecule has 5 aliphatic rings. The van der Waals surface area contributed by atoms with Gasteiger partial charge in [-0.05, 0) is 48.7 Å². The lowest BCUT2D eigenvalue weighted by atomic mass is 9.51. The Morgan fingerprint density at radius 3 is 2.88 bits per heavy atom. The second-order valence-corrected chi connectivity index (χ2v) is 8.71. The van der Waals surface area contributed by atoms with Crippen LogP contribution in [0.4, 0.5) is 0 Å². The van der Waals surface area contributed by atoms with Crippen LogP contribution < -0.4 is 0 Å². The number of nitriles is 1. The lowest BCUT2D eigenvalue weighted by molar-refractivity contribution is -0.175. The van der Waals surface area contributed by atoms with Gasteiger partial charge in [0.25, 0.3) is 0 Å². The summed E-state index contributed by atoms with van der Waals surface area (Å²) in [4.78, 5) is 12.8. The fraction of sp³-hybridized carbons (Fsp3) is 0.545. The van der Waals surface area contributed by atoms with Crippen LogP contribution in [0, 0.1) is 34.0 Å². The number of allylic oxidation sites excluding steroid dienone is 2. The van der Waals surface area contributed by atoms with Crippen LogP contribution in [0.25, 0.3) is 0 Å². The van der Waals surface area contributed by atoms with Gasteiger partial charge < -0.3 is 4.74 Å². The summed E-state index contributed by atoms with van der Waals surface area (Å²) < 4.78 is 6.74. The van der Waals surface area contributed by atoms with E-state index in [0.29, 0.717) is 18.8 Å². The fourth-order valence-corrected chi connectivity index (χ4v) is 6.73. The molecule has 2 saturated heterocycles. The molecule has 1 aromatic carbocycles. The van der Waals surface area contributed by atoms with E-state index in [1.54, 1.807) is 0 Å². The summed E-state index contributed by atoms with van der Waals surface area (Å²) in [5.74, 6) is 0.931. The molecular weight excluding hydrogens is 310 g/mol. The van der Waals surface area contributed by atoms with E-state index < -0.39 is 5.41 Å². The number of carbonyl (C=O) groups excluding carboxylic acids is 1. The maximum atomic E-state index is 12.8. The second kappa shape index (κ2) is 4.83. The van der Waals surface area contributed by atoms with Crippen molar-refractivity contribution in [1.29, 1.82) is 5.26 Å². The molecule has 4 bridgehead atoms. The van der Waals surface area contributed by atoms with E-state index in [-0.39, 0.29) is 28.8 Å². The van der Waals surface area contributed by atoms with Gasteiger partial charge in [0.2, 0.25) is 0 Å². The zero-order valence-corrected chi connectivity index (χ0v) is 14.6. The molecule has 1 spiro atoms. The van der Waals surface area contributed by atoms with E-state index in [1.807, 2.05) is 6.08 Å².